The van der Waals surface area contributed by atoms with Crippen molar-refractivity contribution in [3.8, 4) is 0 Å². The average Bonchev–Trinajstić information content (AvgIpc) is 2.27. The lowest BCUT2D eigenvalue weighted by atomic mass is 9.75. The SMILES string of the molecule is Cc1cc2c(o1)CC(C)(C)C[C@H]2N. The second-order valence-electron chi connectivity index (χ2n) is 4.89. The van der Waals surface area contributed by atoms with Crippen LogP contribution in [0.3, 0.4) is 0 Å². The predicted octanol–water partition coefficient (Wildman–Crippen LogP) is 2.56. The summed E-state index contributed by atoms with van der Waals surface area (Å²) in [6.45, 7) is 6.47. The molecule has 2 nitrogen and oxygen atoms in total. The Hall–Kier alpha value is -0.760. The first-order chi connectivity index (χ1) is 5.98. The van der Waals surface area contributed by atoms with Crippen LogP contribution in [-0.4, -0.2) is 0 Å². The van der Waals surface area contributed by atoms with Gasteiger partial charge in [0, 0.05) is 18.0 Å². The average molecular weight is 179 g/mol. The maximum absolute atomic E-state index is 6.08. The van der Waals surface area contributed by atoms with Gasteiger partial charge in [0.1, 0.15) is 11.5 Å². The van der Waals surface area contributed by atoms with Crippen molar-refractivity contribution in [2.75, 3.05) is 0 Å². The summed E-state index contributed by atoms with van der Waals surface area (Å²) in [5, 5.41) is 0. The fourth-order valence-electron chi connectivity index (χ4n) is 2.25. The Bertz CT molecular complexity index is 325. The van der Waals surface area contributed by atoms with E-state index in [1.165, 1.54) is 5.56 Å². The van der Waals surface area contributed by atoms with Crippen molar-refractivity contribution >= 4 is 0 Å². The third-order valence-electron chi connectivity index (χ3n) is 2.78. The molecule has 1 aromatic heterocycles. The summed E-state index contributed by atoms with van der Waals surface area (Å²) in [5.74, 6) is 2.08. The van der Waals surface area contributed by atoms with E-state index in [0.29, 0.717) is 0 Å². The van der Waals surface area contributed by atoms with Crippen molar-refractivity contribution in [3.63, 3.8) is 0 Å². The van der Waals surface area contributed by atoms with Gasteiger partial charge in [-0.15, -0.1) is 0 Å². The fraction of sp³-hybridized carbons (Fsp3) is 0.636. The van der Waals surface area contributed by atoms with E-state index < -0.39 is 0 Å². The predicted molar refractivity (Wildman–Crippen MR) is 52.5 cm³/mol. The summed E-state index contributed by atoms with van der Waals surface area (Å²) in [6.07, 6.45) is 2.07. The zero-order chi connectivity index (χ0) is 9.64. The lowest BCUT2D eigenvalue weighted by molar-refractivity contribution is 0.255. The van der Waals surface area contributed by atoms with Gasteiger partial charge in [-0.05, 0) is 24.8 Å². The second kappa shape index (κ2) is 2.61. The van der Waals surface area contributed by atoms with Crippen LogP contribution in [0.4, 0.5) is 0 Å². The fourth-order valence-corrected chi connectivity index (χ4v) is 2.25. The third kappa shape index (κ3) is 1.51. The Labute approximate surface area is 79.1 Å². The minimum Gasteiger partial charge on any atom is -0.466 e. The molecule has 1 heterocycles. The molecule has 0 amide bonds. The van der Waals surface area contributed by atoms with Crippen LogP contribution in [0.25, 0.3) is 0 Å². The highest BCUT2D eigenvalue weighted by atomic mass is 16.3. The van der Waals surface area contributed by atoms with Gasteiger partial charge in [-0.25, -0.2) is 0 Å². The van der Waals surface area contributed by atoms with E-state index in [2.05, 4.69) is 19.9 Å². The maximum atomic E-state index is 6.08. The van der Waals surface area contributed by atoms with Gasteiger partial charge in [-0.2, -0.15) is 0 Å². The molecule has 1 aromatic rings. The van der Waals surface area contributed by atoms with Crippen molar-refractivity contribution in [3.05, 3.63) is 23.2 Å². The van der Waals surface area contributed by atoms with Gasteiger partial charge >= 0.3 is 0 Å². The van der Waals surface area contributed by atoms with Gasteiger partial charge in [-0.1, -0.05) is 13.8 Å². The summed E-state index contributed by atoms with van der Waals surface area (Å²) in [4.78, 5) is 0. The Morgan fingerprint density at radius 1 is 1.54 bits per heavy atom. The molecule has 2 N–H and O–H groups in total. The first-order valence-electron chi connectivity index (χ1n) is 4.83. The highest BCUT2D eigenvalue weighted by Gasteiger charge is 2.32. The molecule has 0 saturated heterocycles. The molecule has 0 radical (unpaired) electrons. The molecular weight excluding hydrogens is 162 g/mol. The monoisotopic (exact) mass is 179 g/mol. The molecule has 0 saturated carbocycles. The molecule has 0 spiro atoms. The smallest absolute Gasteiger partial charge is 0.109 e. The molecule has 0 fully saturated rings. The minimum atomic E-state index is 0.163. The van der Waals surface area contributed by atoms with E-state index >= 15 is 0 Å². The van der Waals surface area contributed by atoms with Crippen LogP contribution in [0.5, 0.6) is 0 Å². The molecule has 2 heteroatoms. The first kappa shape index (κ1) is 8.82. The van der Waals surface area contributed by atoms with Gasteiger partial charge in [0.25, 0.3) is 0 Å². The van der Waals surface area contributed by atoms with Gasteiger partial charge in [0.2, 0.25) is 0 Å². The Morgan fingerprint density at radius 2 is 2.23 bits per heavy atom. The van der Waals surface area contributed by atoms with Crippen LogP contribution in [0.2, 0.25) is 0 Å². The number of fused-ring (bicyclic) bond motifs is 1. The van der Waals surface area contributed by atoms with E-state index in [4.69, 9.17) is 10.2 Å². The van der Waals surface area contributed by atoms with Crippen molar-refractivity contribution in [1.82, 2.24) is 0 Å². The van der Waals surface area contributed by atoms with Crippen molar-refractivity contribution in [2.45, 2.75) is 39.7 Å². The zero-order valence-electron chi connectivity index (χ0n) is 8.55. The second-order valence-corrected chi connectivity index (χ2v) is 4.89. The normalized spacial score (nSPS) is 25.7. The minimum absolute atomic E-state index is 0.163. The highest BCUT2D eigenvalue weighted by Crippen LogP contribution is 2.40. The van der Waals surface area contributed by atoms with Crippen LogP contribution in [-0.2, 0) is 6.42 Å². The Balaban J connectivity index is 2.42. The van der Waals surface area contributed by atoms with E-state index in [-0.39, 0.29) is 11.5 Å². The highest BCUT2D eigenvalue weighted by molar-refractivity contribution is 5.28. The molecular formula is C11H17NO. The van der Waals surface area contributed by atoms with Crippen molar-refractivity contribution in [2.24, 2.45) is 11.1 Å². The number of aryl methyl sites for hydroxylation is 1. The lowest BCUT2D eigenvalue weighted by Gasteiger charge is -2.32. The van der Waals surface area contributed by atoms with Crippen LogP contribution in [0.1, 0.15) is 43.4 Å². The van der Waals surface area contributed by atoms with Crippen molar-refractivity contribution in [1.29, 1.82) is 0 Å². The molecule has 2 rings (SSSR count). The van der Waals surface area contributed by atoms with Gasteiger partial charge in [0.15, 0.2) is 0 Å². The topological polar surface area (TPSA) is 39.2 Å². The first-order valence-corrected chi connectivity index (χ1v) is 4.83. The lowest BCUT2D eigenvalue weighted by Crippen LogP contribution is -2.28. The summed E-state index contributed by atoms with van der Waals surface area (Å²) < 4.78 is 5.63. The molecule has 72 valence electrons. The summed E-state index contributed by atoms with van der Waals surface area (Å²) in [5.41, 5.74) is 7.58. The Kier molecular flexibility index (Phi) is 1.77. The number of nitrogens with two attached hydrogens (primary N) is 1. The third-order valence-corrected chi connectivity index (χ3v) is 2.78. The van der Waals surface area contributed by atoms with Crippen LogP contribution in [0.15, 0.2) is 10.5 Å². The zero-order valence-corrected chi connectivity index (χ0v) is 8.55. The number of furan rings is 1. The molecule has 1 atom stereocenters. The molecule has 0 bridgehead atoms. The van der Waals surface area contributed by atoms with Crippen LogP contribution >= 0.6 is 0 Å². The number of hydrogen-bond acceptors (Lipinski definition) is 2. The standard InChI is InChI=1S/C11H17NO/c1-7-4-8-9(12)5-11(2,3)6-10(8)13-7/h4,9H,5-6,12H2,1-3H3/t9-/m1/s1. The molecule has 1 aliphatic rings. The molecule has 0 aliphatic heterocycles. The summed E-state index contributed by atoms with van der Waals surface area (Å²) >= 11 is 0. The summed E-state index contributed by atoms with van der Waals surface area (Å²) in [6, 6.07) is 2.24. The molecule has 0 aromatic carbocycles. The van der Waals surface area contributed by atoms with Crippen LogP contribution < -0.4 is 5.73 Å². The van der Waals surface area contributed by atoms with E-state index in [1.807, 2.05) is 6.92 Å². The number of rotatable bonds is 0. The molecule has 1 aliphatic carbocycles. The quantitative estimate of drug-likeness (QED) is 0.664. The Morgan fingerprint density at radius 3 is 2.92 bits per heavy atom. The van der Waals surface area contributed by atoms with Gasteiger partial charge in [-0.3, -0.25) is 0 Å². The van der Waals surface area contributed by atoms with Crippen LogP contribution in [0, 0.1) is 12.3 Å². The van der Waals surface area contributed by atoms with Crippen molar-refractivity contribution < 1.29 is 4.42 Å². The maximum Gasteiger partial charge on any atom is 0.109 e. The van der Waals surface area contributed by atoms with Gasteiger partial charge in [0.05, 0.1) is 0 Å². The van der Waals surface area contributed by atoms with E-state index in [9.17, 15) is 0 Å². The largest absolute Gasteiger partial charge is 0.466 e. The number of hydrogen-bond donors (Lipinski definition) is 1. The van der Waals surface area contributed by atoms with E-state index in [1.54, 1.807) is 0 Å². The summed E-state index contributed by atoms with van der Waals surface area (Å²) in [7, 11) is 0. The van der Waals surface area contributed by atoms with Gasteiger partial charge < -0.3 is 10.2 Å². The van der Waals surface area contributed by atoms with E-state index in [0.717, 1.165) is 24.4 Å². The molecule has 13 heavy (non-hydrogen) atoms. The molecule has 0 unspecified atom stereocenters.